The number of fused-ring (bicyclic) bond motifs is 1. The van der Waals surface area contributed by atoms with Gasteiger partial charge in [-0.3, -0.25) is 15.0 Å². The van der Waals surface area contributed by atoms with E-state index in [1.807, 2.05) is 24.3 Å². The maximum atomic E-state index is 13.0. The first-order valence-corrected chi connectivity index (χ1v) is 10.1. The van der Waals surface area contributed by atoms with Gasteiger partial charge in [0.25, 0.3) is 5.91 Å². The number of ether oxygens (including phenoxy) is 3. The van der Waals surface area contributed by atoms with E-state index in [1.54, 1.807) is 61.7 Å². The normalized spacial score (nSPS) is 15.3. The van der Waals surface area contributed by atoms with Crippen LogP contribution >= 0.6 is 0 Å². The van der Waals surface area contributed by atoms with E-state index in [1.165, 1.54) is 0 Å². The van der Waals surface area contributed by atoms with Crippen molar-refractivity contribution in [3.63, 3.8) is 0 Å². The summed E-state index contributed by atoms with van der Waals surface area (Å²) in [4.78, 5) is 25.7. The third kappa shape index (κ3) is 4.98. The maximum absolute atomic E-state index is 13.0. The minimum atomic E-state index is -0.849. The van der Waals surface area contributed by atoms with Crippen LogP contribution in [-0.2, 0) is 9.59 Å². The molecule has 0 radical (unpaired) electrons. The molecule has 0 saturated heterocycles. The van der Waals surface area contributed by atoms with E-state index in [9.17, 15) is 9.59 Å². The Bertz CT molecular complexity index is 1070. The first-order chi connectivity index (χ1) is 15.6. The highest BCUT2D eigenvalue weighted by atomic mass is 16.6. The third-order valence-corrected chi connectivity index (χ3v) is 4.89. The van der Waals surface area contributed by atoms with Crippen LogP contribution < -0.4 is 30.4 Å². The predicted octanol–water partition coefficient (Wildman–Crippen LogP) is 2.84. The second-order valence-corrected chi connectivity index (χ2v) is 7.06. The monoisotopic (exact) mass is 433 g/mol. The quantitative estimate of drug-likeness (QED) is 0.496. The van der Waals surface area contributed by atoms with Crippen LogP contribution in [-0.4, -0.2) is 31.6 Å². The van der Waals surface area contributed by atoms with E-state index in [2.05, 4.69) is 16.2 Å². The Kier molecular flexibility index (Phi) is 6.52. The lowest BCUT2D eigenvalue weighted by atomic mass is 10.1. The lowest BCUT2D eigenvalue weighted by molar-refractivity contribution is -0.132. The Morgan fingerprint density at radius 1 is 0.938 bits per heavy atom. The molecular formula is C24H23N3O5. The Morgan fingerprint density at radius 3 is 2.34 bits per heavy atom. The van der Waals surface area contributed by atoms with Gasteiger partial charge in [-0.15, -0.1) is 0 Å². The Balaban J connectivity index is 1.43. The smallest absolute Gasteiger partial charge is 0.278 e. The highest BCUT2D eigenvalue weighted by Crippen LogP contribution is 2.30. The summed E-state index contributed by atoms with van der Waals surface area (Å²) >= 11 is 0. The lowest BCUT2D eigenvalue weighted by Gasteiger charge is -2.26. The molecule has 0 aliphatic carbocycles. The second kappa shape index (κ2) is 9.84. The van der Waals surface area contributed by atoms with Gasteiger partial charge in [-0.25, -0.2) is 5.43 Å². The zero-order chi connectivity index (χ0) is 22.3. The summed E-state index contributed by atoms with van der Waals surface area (Å²) in [6.45, 7) is 0.0680. The second-order valence-electron chi connectivity index (χ2n) is 7.06. The Labute approximate surface area is 185 Å². The van der Waals surface area contributed by atoms with Crippen molar-refractivity contribution >= 4 is 17.5 Å². The summed E-state index contributed by atoms with van der Waals surface area (Å²) in [7, 11) is 1.57. The minimum Gasteiger partial charge on any atom is -0.497 e. The minimum absolute atomic E-state index is 0.0680. The number of anilines is 1. The van der Waals surface area contributed by atoms with Crippen LogP contribution in [0.1, 0.15) is 11.6 Å². The molecule has 0 spiro atoms. The number of methoxy groups -OCH3 is 1. The highest BCUT2D eigenvalue weighted by molar-refractivity contribution is 5.96. The number of rotatable bonds is 7. The van der Waals surface area contributed by atoms with Gasteiger partial charge in [0.15, 0.2) is 11.5 Å². The average Bonchev–Trinajstić information content (AvgIpc) is 2.85. The molecule has 164 valence electrons. The molecule has 0 unspecified atom stereocenters. The number of para-hydroxylation sites is 2. The van der Waals surface area contributed by atoms with Crippen LogP contribution in [0.15, 0.2) is 78.9 Å². The van der Waals surface area contributed by atoms with Gasteiger partial charge in [0.2, 0.25) is 12.0 Å². The molecule has 1 aliphatic heterocycles. The predicted molar refractivity (Wildman–Crippen MR) is 118 cm³/mol. The van der Waals surface area contributed by atoms with Crippen molar-refractivity contribution in [3.05, 3.63) is 84.4 Å². The molecule has 8 heteroatoms. The summed E-state index contributed by atoms with van der Waals surface area (Å²) < 4.78 is 16.5. The van der Waals surface area contributed by atoms with Gasteiger partial charge in [-0.2, -0.15) is 0 Å². The van der Waals surface area contributed by atoms with Gasteiger partial charge in [0.05, 0.1) is 7.11 Å². The van der Waals surface area contributed by atoms with Gasteiger partial charge in [-0.1, -0.05) is 42.5 Å². The first kappa shape index (κ1) is 21.2. The van der Waals surface area contributed by atoms with Gasteiger partial charge >= 0.3 is 0 Å². The number of hydrogen-bond donors (Lipinski definition) is 3. The fraction of sp³-hybridized carbons (Fsp3) is 0.167. The van der Waals surface area contributed by atoms with E-state index < -0.39 is 18.1 Å². The van der Waals surface area contributed by atoms with Gasteiger partial charge < -0.3 is 19.5 Å². The molecule has 4 rings (SSSR count). The number of nitrogens with one attached hydrogen (secondary N) is 3. The molecule has 1 aliphatic rings. The summed E-state index contributed by atoms with van der Waals surface area (Å²) in [5.74, 6) is 0.982. The standard InChI is InChI=1S/C24H23N3O5/c1-30-18-13-11-17(12-14-18)25-24(29)22(16-7-3-2-4-8-16)26-27-23(28)21-15-31-19-9-5-6-10-20(19)32-21/h2-14,21-22,26H,15H2,1H3,(H,25,29)(H,27,28)/t21-,22+/m0/s1. The van der Waals surface area contributed by atoms with Gasteiger partial charge in [-0.05, 0) is 42.0 Å². The number of amides is 2. The van der Waals surface area contributed by atoms with Crippen LogP contribution in [0.4, 0.5) is 5.69 Å². The number of benzene rings is 3. The summed E-state index contributed by atoms with van der Waals surface area (Å²) in [5.41, 5.74) is 6.71. The Hall–Kier alpha value is -4.04. The van der Waals surface area contributed by atoms with Gasteiger partial charge in [0, 0.05) is 5.69 Å². The number of carbonyl (C=O) groups is 2. The van der Waals surface area contributed by atoms with Crippen molar-refractivity contribution in [2.24, 2.45) is 0 Å². The van der Waals surface area contributed by atoms with E-state index in [4.69, 9.17) is 14.2 Å². The molecule has 3 aromatic rings. The summed E-state index contributed by atoms with van der Waals surface area (Å²) in [6.07, 6.45) is -0.849. The lowest BCUT2D eigenvalue weighted by Crippen LogP contribution is -2.51. The molecule has 0 saturated carbocycles. The Morgan fingerprint density at radius 2 is 1.62 bits per heavy atom. The summed E-state index contributed by atoms with van der Waals surface area (Å²) in [6, 6.07) is 22.4. The number of hydrazine groups is 1. The van der Waals surface area contributed by atoms with Crippen LogP contribution in [0.2, 0.25) is 0 Å². The fourth-order valence-corrected chi connectivity index (χ4v) is 3.21. The number of hydrogen-bond acceptors (Lipinski definition) is 6. The van der Waals surface area contributed by atoms with E-state index in [0.29, 0.717) is 28.5 Å². The summed E-state index contributed by atoms with van der Waals surface area (Å²) in [5, 5.41) is 2.84. The van der Waals surface area contributed by atoms with E-state index >= 15 is 0 Å². The van der Waals surface area contributed by atoms with Crippen LogP contribution in [0.5, 0.6) is 17.2 Å². The third-order valence-electron chi connectivity index (χ3n) is 4.89. The van der Waals surface area contributed by atoms with Crippen molar-refractivity contribution in [3.8, 4) is 17.2 Å². The van der Waals surface area contributed by atoms with Crippen molar-refractivity contribution < 1.29 is 23.8 Å². The maximum Gasteiger partial charge on any atom is 0.278 e. The van der Waals surface area contributed by atoms with Crippen LogP contribution in [0.25, 0.3) is 0 Å². The van der Waals surface area contributed by atoms with Crippen molar-refractivity contribution in [1.29, 1.82) is 0 Å². The van der Waals surface area contributed by atoms with E-state index in [-0.39, 0.29) is 12.5 Å². The molecule has 3 aromatic carbocycles. The zero-order valence-electron chi connectivity index (χ0n) is 17.4. The van der Waals surface area contributed by atoms with Crippen molar-refractivity contribution in [1.82, 2.24) is 10.9 Å². The molecule has 0 aromatic heterocycles. The van der Waals surface area contributed by atoms with Crippen molar-refractivity contribution in [2.75, 3.05) is 19.0 Å². The highest BCUT2D eigenvalue weighted by Gasteiger charge is 2.29. The topological polar surface area (TPSA) is 97.9 Å². The molecule has 2 atom stereocenters. The average molecular weight is 433 g/mol. The molecular weight excluding hydrogens is 410 g/mol. The van der Waals surface area contributed by atoms with Crippen LogP contribution in [0.3, 0.4) is 0 Å². The number of carbonyl (C=O) groups excluding carboxylic acids is 2. The van der Waals surface area contributed by atoms with E-state index in [0.717, 1.165) is 0 Å². The SMILES string of the molecule is COc1ccc(NC(=O)[C@H](NNC(=O)[C@@H]2COc3ccccc3O2)c2ccccc2)cc1. The van der Waals surface area contributed by atoms with Gasteiger partial charge in [0.1, 0.15) is 18.4 Å². The van der Waals surface area contributed by atoms with Crippen molar-refractivity contribution in [2.45, 2.75) is 12.1 Å². The molecule has 1 heterocycles. The molecule has 32 heavy (non-hydrogen) atoms. The molecule has 3 N–H and O–H groups in total. The zero-order valence-corrected chi connectivity index (χ0v) is 17.4. The first-order valence-electron chi connectivity index (χ1n) is 10.1. The molecule has 0 bridgehead atoms. The fourth-order valence-electron chi connectivity index (χ4n) is 3.21. The molecule has 8 nitrogen and oxygen atoms in total. The van der Waals surface area contributed by atoms with Crippen LogP contribution in [0, 0.1) is 0 Å². The largest absolute Gasteiger partial charge is 0.497 e. The molecule has 2 amide bonds. The molecule has 0 fully saturated rings.